The topological polar surface area (TPSA) is 63.3 Å². The molecule has 22 heavy (non-hydrogen) atoms. The number of carboxylic acids is 1. The Morgan fingerprint density at radius 2 is 1.82 bits per heavy atom. The summed E-state index contributed by atoms with van der Waals surface area (Å²) < 4.78 is 5.76. The number of fused-ring (bicyclic) bond motifs is 1. The number of rotatable bonds is 3. The average Bonchev–Trinajstić information content (AvgIpc) is 2.90. The molecule has 4 heteroatoms. The van der Waals surface area contributed by atoms with Crippen molar-refractivity contribution in [3.05, 3.63) is 53.6 Å². The van der Waals surface area contributed by atoms with Crippen LogP contribution in [0.25, 0.3) is 22.6 Å². The smallest absolute Gasteiger partial charge is 0.313 e. The van der Waals surface area contributed by atoms with E-state index in [2.05, 4.69) is 4.98 Å². The first kappa shape index (κ1) is 14.3. The monoisotopic (exact) mass is 295 g/mol. The fourth-order valence-electron chi connectivity index (χ4n) is 2.26. The van der Waals surface area contributed by atoms with E-state index in [1.165, 1.54) is 5.56 Å². The van der Waals surface area contributed by atoms with E-state index >= 15 is 0 Å². The lowest BCUT2D eigenvalue weighted by molar-refractivity contribution is -0.142. The van der Waals surface area contributed by atoms with Gasteiger partial charge >= 0.3 is 5.97 Å². The van der Waals surface area contributed by atoms with Gasteiger partial charge in [0.25, 0.3) is 0 Å². The lowest BCUT2D eigenvalue weighted by Crippen LogP contribution is -2.28. The highest BCUT2D eigenvalue weighted by Crippen LogP contribution is 2.29. The Morgan fingerprint density at radius 1 is 1.14 bits per heavy atom. The highest BCUT2D eigenvalue weighted by atomic mass is 16.4. The second kappa shape index (κ2) is 4.98. The molecule has 4 nitrogen and oxygen atoms in total. The van der Waals surface area contributed by atoms with Crippen molar-refractivity contribution in [3.8, 4) is 11.5 Å². The summed E-state index contributed by atoms with van der Waals surface area (Å²) >= 11 is 0. The molecule has 0 unspecified atom stereocenters. The predicted octanol–water partition coefficient (Wildman–Crippen LogP) is 4.17. The summed E-state index contributed by atoms with van der Waals surface area (Å²) in [5.41, 5.74) is 3.14. The Kier molecular flexibility index (Phi) is 3.24. The lowest BCUT2D eigenvalue weighted by atomic mass is 9.85. The van der Waals surface area contributed by atoms with Crippen LogP contribution in [-0.4, -0.2) is 16.1 Å². The number of nitrogens with zero attached hydrogens (tertiary/aromatic N) is 1. The molecule has 0 aliphatic rings. The van der Waals surface area contributed by atoms with Crippen LogP contribution in [0.2, 0.25) is 0 Å². The van der Waals surface area contributed by atoms with Crippen molar-refractivity contribution in [1.82, 2.24) is 4.98 Å². The zero-order chi connectivity index (χ0) is 15.9. The van der Waals surface area contributed by atoms with E-state index in [1.54, 1.807) is 32.0 Å². The van der Waals surface area contributed by atoms with E-state index in [0.717, 1.165) is 5.56 Å². The van der Waals surface area contributed by atoms with Crippen molar-refractivity contribution in [2.45, 2.75) is 26.2 Å². The molecule has 3 rings (SSSR count). The quantitative estimate of drug-likeness (QED) is 0.787. The Balaban J connectivity index is 2.07. The minimum atomic E-state index is -0.961. The molecule has 1 aromatic heterocycles. The Morgan fingerprint density at radius 3 is 2.45 bits per heavy atom. The summed E-state index contributed by atoms with van der Waals surface area (Å²) in [6.07, 6.45) is 0. The van der Waals surface area contributed by atoms with Gasteiger partial charge in [0, 0.05) is 5.56 Å². The minimum Gasteiger partial charge on any atom is -0.481 e. The number of aryl methyl sites for hydroxylation is 1. The van der Waals surface area contributed by atoms with E-state index in [0.29, 0.717) is 22.6 Å². The first-order valence-corrected chi connectivity index (χ1v) is 7.09. The van der Waals surface area contributed by atoms with Crippen molar-refractivity contribution < 1.29 is 14.3 Å². The molecular weight excluding hydrogens is 278 g/mol. The van der Waals surface area contributed by atoms with Crippen molar-refractivity contribution in [3.63, 3.8) is 0 Å². The zero-order valence-electron chi connectivity index (χ0n) is 12.8. The summed E-state index contributed by atoms with van der Waals surface area (Å²) in [6, 6.07) is 13.3. The summed E-state index contributed by atoms with van der Waals surface area (Å²) in [4.78, 5) is 15.9. The van der Waals surface area contributed by atoms with Crippen LogP contribution in [-0.2, 0) is 10.2 Å². The molecule has 0 aliphatic carbocycles. The Hall–Kier alpha value is -2.62. The summed E-state index contributed by atoms with van der Waals surface area (Å²) in [6.45, 7) is 5.38. The number of oxazole rings is 1. The van der Waals surface area contributed by atoms with Gasteiger partial charge in [-0.1, -0.05) is 23.8 Å². The number of benzene rings is 2. The van der Waals surface area contributed by atoms with Gasteiger partial charge in [0.15, 0.2) is 5.58 Å². The zero-order valence-corrected chi connectivity index (χ0v) is 12.8. The molecule has 0 saturated carbocycles. The van der Waals surface area contributed by atoms with Gasteiger partial charge in [-0.05, 0) is 50.6 Å². The van der Waals surface area contributed by atoms with Gasteiger partial charge < -0.3 is 9.52 Å². The van der Waals surface area contributed by atoms with Crippen LogP contribution in [0.5, 0.6) is 0 Å². The lowest BCUT2D eigenvalue weighted by Gasteiger charge is -2.19. The van der Waals surface area contributed by atoms with Gasteiger partial charge in [-0.15, -0.1) is 0 Å². The summed E-state index contributed by atoms with van der Waals surface area (Å²) in [5.74, 6) is -0.325. The summed E-state index contributed by atoms with van der Waals surface area (Å²) in [7, 11) is 0. The summed E-state index contributed by atoms with van der Waals surface area (Å²) in [5, 5.41) is 9.33. The van der Waals surface area contributed by atoms with Gasteiger partial charge in [0.1, 0.15) is 5.52 Å². The molecule has 0 saturated heterocycles. The predicted molar refractivity (Wildman–Crippen MR) is 84.8 cm³/mol. The molecule has 0 fully saturated rings. The number of hydrogen-bond donors (Lipinski definition) is 1. The second-order valence-corrected chi connectivity index (χ2v) is 6.00. The fourth-order valence-corrected chi connectivity index (χ4v) is 2.26. The third-order valence-electron chi connectivity index (χ3n) is 3.94. The third-order valence-corrected chi connectivity index (χ3v) is 3.94. The van der Waals surface area contributed by atoms with Gasteiger partial charge in [-0.3, -0.25) is 4.79 Å². The van der Waals surface area contributed by atoms with Crippen LogP contribution in [0.4, 0.5) is 0 Å². The average molecular weight is 295 g/mol. The molecule has 1 N–H and O–H groups in total. The number of aliphatic carboxylic acids is 1. The van der Waals surface area contributed by atoms with Crippen molar-refractivity contribution in [1.29, 1.82) is 0 Å². The molecule has 0 amide bonds. The van der Waals surface area contributed by atoms with E-state index < -0.39 is 11.4 Å². The molecule has 1 heterocycles. The molecule has 2 aromatic carbocycles. The van der Waals surface area contributed by atoms with Gasteiger partial charge in [-0.25, -0.2) is 4.98 Å². The van der Waals surface area contributed by atoms with E-state index in [9.17, 15) is 9.90 Å². The normalized spacial score (nSPS) is 11.8. The van der Waals surface area contributed by atoms with Crippen LogP contribution in [0.1, 0.15) is 25.0 Å². The van der Waals surface area contributed by atoms with Crippen LogP contribution < -0.4 is 0 Å². The standard InChI is InChI=1S/C18H17NO3/c1-11-4-6-12(7-5-11)16-19-14-10-13(8-9-15(14)22-16)18(2,3)17(20)21/h4-10H,1-3H3,(H,20,21). The molecule has 0 atom stereocenters. The maximum absolute atomic E-state index is 11.4. The Labute approximate surface area is 128 Å². The van der Waals surface area contributed by atoms with Crippen LogP contribution >= 0.6 is 0 Å². The van der Waals surface area contributed by atoms with Crippen LogP contribution in [0.3, 0.4) is 0 Å². The van der Waals surface area contributed by atoms with Gasteiger partial charge in [-0.2, -0.15) is 0 Å². The maximum atomic E-state index is 11.4. The van der Waals surface area contributed by atoms with Crippen molar-refractivity contribution in [2.24, 2.45) is 0 Å². The van der Waals surface area contributed by atoms with Crippen molar-refractivity contribution in [2.75, 3.05) is 0 Å². The number of hydrogen-bond acceptors (Lipinski definition) is 3. The molecule has 0 aliphatic heterocycles. The van der Waals surface area contributed by atoms with Crippen LogP contribution in [0.15, 0.2) is 46.9 Å². The number of carbonyl (C=O) groups is 1. The molecule has 0 spiro atoms. The first-order valence-electron chi connectivity index (χ1n) is 7.09. The molecule has 0 bridgehead atoms. The highest BCUT2D eigenvalue weighted by Gasteiger charge is 2.30. The molecule has 112 valence electrons. The maximum Gasteiger partial charge on any atom is 0.313 e. The minimum absolute atomic E-state index is 0.542. The molecule has 3 aromatic rings. The van der Waals surface area contributed by atoms with Crippen LogP contribution in [0, 0.1) is 6.92 Å². The highest BCUT2D eigenvalue weighted by molar-refractivity contribution is 5.84. The van der Waals surface area contributed by atoms with E-state index in [4.69, 9.17) is 4.42 Å². The number of carboxylic acid groups (broad SMARTS) is 1. The third kappa shape index (κ3) is 2.37. The molecule has 0 radical (unpaired) electrons. The first-order chi connectivity index (χ1) is 10.4. The van der Waals surface area contributed by atoms with Gasteiger partial charge in [0.2, 0.25) is 5.89 Å². The van der Waals surface area contributed by atoms with Gasteiger partial charge in [0.05, 0.1) is 5.41 Å². The largest absolute Gasteiger partial charge is 0.481 e. The molecular formula is C18H17NO3. The fraction of sp³-hybridized carbons (Fsp3) is 0.222. The second-order valence-electron chi connectivity index (χ2n) is 6.00. The van der Waals surface area contributed by atoms with E-state index in [1.807, 2.05) is 31.2 Å². The number of aromatic nitrogens is 1. The van der Waals surface area contributed by atoms with Crippen molar-refractivity contribution >= 4 is 17.1 Å². The Bertz CT molecular complexity index is 844. The van der Waals surface area contributed by atoms with E-state index in [-0.39, 0.29) is 0 Å². The SMILES string of the molecule is Cc1ccc(-c2nc3cc(C(C)(C)C(=O)O)ccc3o2)cc1.